The van der Waals surface area contributed by atoms with Gasteiger partial charge < -0.3 is 4.57 Å². The summed E-state index contributed by atoms with van der Waals surface area (Å²) in [6, 6.07) is 25.0. The van der Waals surface area contributed by atoms with Crippen molar-refractivity contribution >= 4 is 32.5 Å². The molecule has 0 saturated carbocycles. The Morgan fingerprint density at radius 2 is 1.61 bits per heavy atom. The number of nitrogens with zero attached hydrogens (tertiary/aromatic N) is 5. The van der Waals surface area contributed by atoms with Gasteiger partial charge >= 0.3 is 0 Å². The molecule has 0 saturated heterocycles. The summed E-state index contributed by atoms with van der Waals surface area (Å²) in [5.74, 6) is 0. The number of rotatable bonds is 5. The first kappa shape index (κ1) is 22.2. The summed E-state index contributed by atoms with van der Waals surface area (Å²) in [4.78, 5) is 36.6. The van der Waals surface area contributed by atoms with Crippen LogP contribution in [0, 0.1) is 13.8 Å². The van der Waals surface area contributed by atoms with Crippen molar-refractivity contribution in [3.8, 4) is 5.13 Å². The molecular weight excluding hydrogens is 470 g/mol. The lowest BCUT2D eigenvalue weighted by molar-refractivity contribution is 0.610. The van der Waals surface area contributed by atoms with Crippen LogP contribution in [0.2, 0.25) is 0 Å². The predicted molar refractivity (Wildman–Crippen MR) is 143 cm³/mol. The molecule has 6 aromatic rings. The van der Waals surface area contributed by atoms with Crippen LogP contribution in [0.25, 0.3) is 26.3 Å². The second kappa shape index (κ2) is 8.73. The molecule has 0 atom stereocenters. The molecule has 0 spiro atoms. The minimum absolute atomic E-state index is 0.174. The molecule has 8 heteroatoms. The van der Waals surface area contributed by atoms with E-state index in [1.165, 1.54) is 11.3 Å². The van der Waals surface area contributed by atoms with Crippen molar-refractivity contribution in [2.45, 2.75) is 26.9 Å². The third kappa shape index (κ3) is 3.76. The van der Waals surface area contributed by atoms with Crippen LogP contribution in [-0.4, -0.2) is 23.9 Å². The molecule has 7 nitrogen and oxygen atoms in total. The summed E-state index contributed by atoms with van der Waals surface area (Å²) >= 11 is 1.46. The van der Waals surface area contributed by atoms with Crippen molar-refractivity contribution in [1.29, 1.82) is 0 Å². The van der Waals surface area contributed by atoms with Gasteiger partial charge in [0.05, 0.1) is 39.9 Å². The third-order valence-electron chi connectivity index (χ3n) is 6.38. The monoisotopic (exact) mass is 493 g/mol. The number of aromatic nitrogens is 5. The largest absolute Gasteiger partial charge is 0.306 e. The lowest BCUT2D eigenvalue weighted by Gasteiger charge is -2.12. The van der Waals surface area contributed by atoms with E-state index in [4.69, 9.17) is 4.98 Å². The average molecular weight is 494 g/mol. The SMILES string of the molecule is Cc1cccc(Cn2c(C)c3c(=O)n(-c4nc5ccccc5s4)n(Cc4ccccc4)c3cc2=O)n1. The summed E-state index contributed by atoms with van der Waals surface area (Å²) in [5, 5.41) is 1.09. The van der Waals surface area contributed by atoms with Crippen molar-refractivity contribution in [3.05, 3.63) is 122 Å². The standard InChI is InChI=1S/C28H23N5O2S/c1-18-9-8-12-21(29-18)17-31-19(2)26-23(15-25(31)34)32(16-20-10-4-3-5-11-20)33(27(26)35)28-30-22-13-6-7-14-24(22)36-28/h3-15H,16-17H2,1-2H3. The first-order valence-electron chi connectivity index (χ1n) is 11.7. The maximum Gasteiger partial charge on any atom is 0.283 e. The van der Waals surface area contributed by atoms with Gasteiger partial charge in [0.1, 0.15) is 0 Å². The fourth-order valence-electron chi connectivity index (χ4n) is 4.64. The number of fused-ring (bicyclic) bond motifs is 2. The van der Waals surface area contributed by atoms with Crippen molar-refractivity contribution in [2.24, 2.45) is 0 Å². The van der Waals surface area contributed by atoms with E-state index in [0.717, 1.165) is 27.2 Å². The Bertz CT molecular complexity index is 1830. The first-order valence-corrected chi connectivity index (χ1v) is 12.5. The molecule has 0 aliphatic carbocycles. The molecule has 0 bridgehead atoms. The molecule has 178 valence electrons. The van der Waals surface area contributed by atoms with Crippen LogP contribution in [0.4, 0.5) is 0 Å². The Morgan fingerprint density at radius 3 is 2.39 bits per heavy atom. The first-order chi connectivity index (χ1) is 17.5. The quantitative estimate of drug-likeness (QED) is 0.350. The fraction of sp³-hybridized carbons (Fsp3) is 0.143. The van der Waals surface area contributed by atoms with Crippen LogP contribution >= 0.6 is 11.3 Å². The molecule has 36 heavy (non-hydrogen) atoms. The minimum Gasteiger partial charge on any atom is -0.306 e. The van der Waals surface area contributed by atoms with Gasteiger partial charge in [-0.05, 0) is 43.7 Å². The second-order valence-electron chi connectivity index (χ2n) is 8.81. The number of thiazole rings is 1. The van der Waals surface area contributed by atoms with E-state index in [0.29, 0.717) is 34.8 Å². The molecule has 6 rings (SSSR count). The number of para-hydroxylation sites is 1. The second-order valence-corrected chi connectivity index (χ2v) is 9.82. The lowest BCUT2D eigenvalue weighted by atomic mass is 10.2. The maximum absolute atomic E-state index is 14.0. The molecule has 2 aromatic carbocycles. The average Bonchev–Trinajstić information content (AvgIpc) is 3.41. The van der Waals surface area contributed by atoms with E-state index in [1.807, 2.05) is 91.3 Å². The predicted octanol–water partition coefficient (Wildman–Crippen LogP) is 4.67. The molecular formula is C28H23N5O2S. The Kier molecular flexibility index (Phi) is 5.38. The summed E-state index contributed by atoms with van der Waals surface area (Å²) in [6.45, 7) is 4.48. The van der Waals surface area contributed by atoms with Gasteiger partial charge in [-0.15, -0.1) is 0 Å². The van der Waals surface area contributed by atoms with E-state index in [2.05, 4.69) is 4.98 Å². The van der Waals surface area contributed by atoms with Gasteiger partial charge in [-0.2, -0.15) is 4.68 Å². The van der Waals surface area contributed by atoms with E-state index >= 15 is 0 Å². The van der Waals surface area contributed by atoms with Gasteiger partial charge in [0.2, 0.25) is 5.13 Å². The molecule has 4 heterocycles. The zero-order valence-electron chi connectivity index (χ0n) is 19.9. The van der Waals surface area contributed by atoms with Gasteiger partial charge in [0, 0.05) is 17.5 Å². The van der Waals surface area contributed by atoms with Crippen LogP contribution in [0.5, 0.6) is 0 Å². The maximum atomic E-state index is 14.0. The van der Waals surface area contributed by atoms with E-state index < -0.39 is 0 Å². The molecule has 0 amide bonds. The van der Waals surface area contributed by atoms with Gasteiger partial charge in [-0.1, -0.05) is 59.9 Å². The van der Waals surface area contributed by atoms with Crippen LogP contribution in [0.1, 0.15) is 22.6 Å². The van der Waals surface area contributed by atoms with Crippen LogP contribution in [0.15, 0.2) is 88.5 Å². The lowest BCUT2D eigenvalue weighted by Crippen LogP contribution is -2.24. The molecule has 4 aromatic heterocycles. The van der Waals surface area contributed by atoms with E-state index in [-0.39, 0.29) is 11.1 Å². The molecule has 0 fully saturated rings. The Morgan fingerprint density at radius 1 is 0.833 bits per heavy atom. The van der Waals surface area contributed by atoms with Crippen molar-refractivity contribution < 1.29 is 0 Å². The van der Waals surface area contributed by atoms with Crippen molar-refractivity contribution in [2.75, 3.05) is 0 Å². The summed E-state index contributed by atoms with van der Waals surface area (Å²) in [6.07, 6.45) is 0. The van der Waals surface area contributed by atoms with E-state index in [9.17, 15) is 9.59 Å². The Labute approximate surface area is 210 Å². The molecule has 0 aliphatic rings. The number of aryl methyl sites for hydroxylation is 2. The molecule has 0 N–H and O–H groups in total. The van der Waals surface area contributed by atoms with Gasteiger partial charge in [-0.25, -0.2) is 4.98 Å². The summed E-state index contributed by atoms with van der Waals surface area (Å²) in [7, 11) is 0. The van der Waals surface area contributed by atoms with Gasteiger partial charge in [0.25, 0.3) is 11.1 Å². The number of benzene rings is 2. The summed E-state index contributed by atoms with van der Waals surface area (Å²) in [5.41, 5.74) is 4.36. The number of pyridine rings is 2. The number of hydrogen-bond donors (Lipinski definition) is 0. The zero-order valence-corrected chi connectivity index (χ0v) is 20.7. The Hall–Kier alpha value is -4.30. The molecule has 0 aliphatic heterocycles. The van der Waals surface area contributed by atoms with Crippen molar-refractivity contribution in [3.63, 3.8) is 0 Å². The summed E-state index contributed by atoms with van der Waals surface area (Å²) < 4.78 is 6.11. The highest BCUT2D eigenvalue weighted by Gasteiger charge is 2.22. The Balaban J connectivity index is 1.61. The fourth-order valence-corrected chi connectivity index (χ4v) is 5.62. The van der Waals surface area contributed by atoms with Crippen molar-refractivity contribution in [1.82, 2.24) is 23.9 Å². The van der Waals surface area contributed by atoms with Crippen LogP contribution in [0.3, 0.4) is 0 Å². The highest BCUT2D eigenvalue weighted by molar-refractivity contribution is 7.20. The highest BCUT2D eigenvalue weighted by Crippen LogP contribution is 2.26. The van der Waals surface area contributed by atoms with Crippen LogP contribution in [-0.2, 0) is 13.1 Å². The topological polar surface area (TPSA) is 74.7 Å². The smallest absolute Gasteiger partial charge is 0.283 e. The van der Waals surface area contributed by atoms with Crippen LogP contribution < -0.4 is 11.1 Å². The normalized spacial score (nSPS) is 11.5. The minimum atomic E-state index is -0.191. The highest BCUT2D eigenvalue weighted by atomic mass is 32.1. The third-order valence-corrected chi connectivity index (χ3v) is 7.39. The van der Waals surface area contributed by atoms with E-state index in [1.54, 1.807) is 15.3 Å². The molecule has 0 radical (unpaired) electrons. The molecule has 0 unspecified atom stereocenters. The van der Waals surface area contributed by atoms with Gasteiger partial charge in [-0.3, -0.25) is 19.3 Å². The van der Waals surface area contributed by atoms with Gasteiger partial charge in [0.15, 0.2) is 0 Å². The zero-order chi connectivity index (χ0) is 24.8. The number of hydrogen-bond acceptors (Lipinski definition) is 5.